The highest BCUT2D eigenvalue weighted by atomic mass is 16.2. The molecule has 0 atom stereocenters. The molecule has 1 aromatic heterocycles. The van der Waals surface area contributed by atoms with Crippen LogP contribution in [0, 0.1) is 0 Å². The Labute approximate surface area is 101 Å². The second kappa shape index (κ2) is 4.99. The number of rotatable bonds is 3. The second-order valence-corrected chi connectivity index (χ2v) is 5.07. The molecular formula is C11H19N5O. The van der Waals surface area contributed by atoms with Gasteiger partial charge in [-0.1, -0.05) is 20.8 Å². The zero-order chi connectivity index (χ0) is 13.1. The van der Waals surface area contributed by atoms with Crippen LogP contribution in [-0.4, -0.2) is 41.4 Å². The minimum atomic E-state index is -0.324. The summed E-state index contributed by atoms with van der Waals surface area (Å²) in [7, 11) is 3.64. The van der Waals surface area contributed by atoms with Gasteiger partial charge >= 0.3 is 0 Å². The van der Waals surface area contributed by atoms with Crippen LogP contribution < -0.4 is 5.43 Å². The lowest BCUT2D eigenvalue weighted by Gasteiger charge is -2.14. The molecule has 1 rings (SSSR count). The molecule has 0 aliphatic carbocycles. The van der Waals surface area contributed by atoms with Gasteiger partial charge in [0.05, 0.1) is 0 Å². The number of hydrogen-bond acceptors (Lipinski definition) is 3. The number of carbonyl (C=O) groups is 1. The molecule has 2 N–H and O–H groups in total. The maximum absolute atomic E-state index is 11.6. The summed E-state index contributed by atoms with van der Waals surface area (Å²) >= 11 is 0. The van der Waals surface area contributed by atoms with E-state index in [2.05, 4.69) is 20.7 Å². The minimum Gasteiger partial charge on any atom is -0.367 e. The van der Waals surface area contributed by atoms with Gasteiger partial charge in [-0.15, -0.1) is 0 Å². The predicted molar refractivity (Wildman–Crippen MR) is 66.9 cm³/mol. The smallest absolute Gasteiger partial charge is 0.291 e. The van der Waals surface area contributed by atoms with Crippen molar-refractivity contribution in [1.82, 2.24) is 20.5 Å². The van der Waals surface area contributed by atoms with E-state index in [0.29, 0.717) is 5.69 Å². The number of hydrazone groups is 1. The van der Waals surface area contributed by atoms with Gasteiger partial charge < -0.3 is 4.90 Å². The van der Waals surface area contributed by atoms with Gasteiger partial charge in [0.25, 0.3) is 5.91 Å². The highest BCUT2D eigenvalue weighted by Gasteiger charge is 2.18. The topological polar surface area (TPSA) is 73.4 Å². The van der Waals surface area contributed by atoms with Crippen molar-refractivity contribution >= 4 is 12.2 Å². The molecule has 0 aromatic carbocycles. The Kier molecular flexibility index (Phi) is 3.88. The zero-order valence-corrected chi connectivity index (χ0v) is 10.9. The highest BCUT2D eigenvalue weighted by Crippen LogP contribution is 2.20. The molecule has 94 valence electrons. The van der Waals surface area contributed by atoms with Crippen LogP contribution in [0.2, 0.25) is 0 Å². The molecule has 0 radical (unpaired) electrons. The first kappa shape index (κ1) is 13.2. The maximum Gasteiger partial charge on any atom is 0.291 e. The standard InChI is InChI=1S/C11H19N5O/c1-11(2,3)9-6-8(13-14-9)10(17)15-12-7-16(4)5/h6-7H,1-5H3,(H,13,14)(H,15,17)/b12-7+. The SMILES string of the molecule is CN(C)/C=N/NC(=O)c1cc(C(C)(C)C)[nH]n1. The molecule has 0 unspecified atom stereocenters. The number of carbonyl (C=O) groups excluding carboxylic acids is 1. The Balaban J connectivity index is 2.68. The van der Waals surface area contributed by atoms with E-state index in [1.807, 2.05) is 34.9 Å². The van der Waals surface area contributed by atoms with Crippen molar-refractivity contribution in [3.63, 3.8) is 0 Å². The summed E-state index contributed by atoms with van der Waals surface area (Å²) in [5, 5.41) is 10.6. The molecule has 0 spiro atoms. The maximum atomic E-state index is 11.6. The third-order valence-electron chi connectivity index (χ3n) is 2.07. The molecule has 1 amide bonds. The van der Waals surface area contributed by atoms with Crippen LogP contribution in [0.1, 0.15) is 37.0 Å². The number of aromatic nitrogens is 2. The first-order valence-corrected chi connectivity index (χ1v) is 5.36. The molecule has 1 aromatic rings. The van der Waals surface area contributed by atoms with E-state index < -0.39 is 0 Å². The van der Waals surface area contributed by atoms with Crippen LogP contribution in [0.3, 0.4) is 0 Å². The van der Waals surface area contributed by atoms with E-state index >= 15 is 0 Å². The Morgan fingerprint density at radius 3 is 2.65 bits per heavy atom. The van der Waals surface area contributed by atoms with E-state index in [4.69, 9.17) is 0 Å². The molecule has 0 saturated carbocycles. The first-order valence-electron chi connectivity index (χ1n) is 5.36. The first-order chi connectivity index (χ1) is 7.80. The second-order valence-electron chi connectivity index (χ2n) is 5.07. The number of nitrogens with zero attached hydrogens (tertiary/aromatic N) is 3. The molecule has 0 bridgehead atoms. The van der Waals surface area contributed by atoms with Crippen LogP contribution in [0.4, 0.5) is 0 Å². The van der Waals surface area contributed by atoms with Crippen LogP contribution in [0.15, 0.2) is 11.2 Å². The largest absolute Gasteiger partial charge is 0.367 e. The van der Waals surface area contributed by atoms with E-state index in [1.165, 1.54) is 6.34 Å². The van der Waals surface area contributed by atoms with Crippen LogP contribution in [0.25, 0.3) is 0 Å². The van der Waals surface area contributed by atoms with Gasteiger partial charge in [0.15, 0.2) is 5.69 Å². The van der Waals surface area contributed by atoms with Gasteiger partial charge in [-0.2, -0.15) is 10.2 Å². The Morgan fingerprint density at radius 2 is 2.18 bits per heavy atom. The quantitative estimate of drug-likeness (QED) is 0.467. The molecule has 17 heavy (non-hydrogen) atoms. The van der Waals surface area contributed by atoms with Crippen LogP contribution in [-0.2, 0) is 5.41 Å². The van der Waals surface area contributed by atoms with Crippen molar-refractivity contribution in [2.75, 3.05) is 14.1 Å². The molecule has 6 heteroatoms. The fourth-order valence-electron chi connectivity index (χ4n) is 1.08. The lowest BCUT2D eigenvalue weighted by Crippen LogP contribution is -2.20. The summed E-state index contributed by atoms with van der Waals surface area (Å²) in [6.07, 6.45) is 1.51. The molecule has 0 fully saturated rings. The Morgan fingerprint density at radius 1 is 1.53 bits per heavy atom. The van der Waals surface area contributed by atoms with E-state index in [9.17, 15) is 4.79 Å². The molecule has 6 nitrogen and oxygen atoms in total. The van der Waals surface area contributed by atoms with E-state index in [0.717, 1.165) is 5.69 Å². The zero-order valence-electron chi connectivity index (χ0n) is 10.9. The van der Waals surface area contributed by atoms with E-state index in [-0.39, 0.29) is 11.3 Å². The van der Waals surface area contributed by atoms with Gasteiger partial charge in [-0.25, -0.2) is 5.43 Å². The Bertz CT molecular complexity index is 414. The summed E-state index contributed by atoms with van der Waals surface area (Å²) in [5.74, 6) is -0.324. The van der Waals surface area contributed by atoms with Crippen molar-refractivity contribution in [3.8, 4) is 0 Å². The normalized spacial score (nSPS) is 11.8. The number of H-pyrrole nitrogens is 1. The van der Waals surface area contributed by atoms with Crippen LogP contribution in [0.5, 0.6) is 0 Å². The highest BCUT2D eigenvalue weighted by molar-refractivity contribution is 5.92. The van der Waals surface area contributed by atoms with E-state index in [1.54, 1.807) is 11.0 Å². The summed E-state index contributed by atoms with van der Waals surface area (Å²) in [5.41, 5.74) is 3.60. The van der Waals surface area contributed by atoms with Crippen molar-refractivity contribution in [1.29, 1.82) is 0 Å². The van der Waals surface area contributed by atoms with Crippen molar-refractivity contribution in [2.24, 2.45) is 5.10 Å². The predicted octanol–water partition coefficient (Wildman–Crippen LogP) is 0.942. The van der Waals surface area contributed by atoms with Crippen molar-refractivity contribution in [3.05, 3.63) is 17.5 Å². The molecule has 0 saturated heterocycles. The Hall–Kier alpha value is -1.85. The lowest BCUT2D eigenvalue weighted by atomic mass is 9.92. The third kappa shape index (κ3) is 3.90. The summed E-state index contributed by atoms with van der Waals surface area (Å²) in [6.45, 7) is 6.14. The van der Waals surface area contributed by atoms with Crippen molar-refractivity contribution in [2.45, 2.75) is 26.2 Å². The average Bonchev–Trinajstić information content (AvgIpc) is 2.64. The number of amides is 1. The summed E-state index contributed by atoms with van der Waals surface area (Å²) in [6, 6.07) is 1.74. The van der Waals surface area contributed by atoms with Crippen molar-refractivity contribution < 1.29 is 4.79 Å². The minimum absolute atomic E-state index is 0.0571. The summed E-state index contributed by atoms with van der Waals surface area (Å²) in [4.78, 5) is 13.4. The number of aromatic amines is 1. The lowest BCUT2D eigenvalue weighted by molar-refractivity contribution is 0.0949. The molecule has 1 heterocycles. The fraction of sp³-hybridized carbons (Fsp3) is 0.545. The van der Waals surface area contributed by atoms with Gasteiger partial charge in [0.2, 0.25) is 0 Å². The molecule has 0 aliphatic heterocycles. The van der Waals surface area contributed by atoms with Gasteiger partial charge in [0, 0.05) is 25.2 Å². The van der Waals surface area contributed by atoms with Gasteiger partial charge in [0.1, 0.15) is 6.34 Å². The average molecular weight is 237 g/mol. The number of hydrogen-bond donors (Lipinski definition) is 2. The number of nitrogens with one attached hydrogen (secondary N) is 2. The monoisotopic (exact) mass is 237 g/mol. The molecular weight excluding hydrogens is 218 g/mol. The van der Waals surface area contributed by atoms with Crippen LogP contribution >= 0.6 is 0 Å². The van der Waals surface area contributed by atoms with Gasteiger partial charge in [-0.3, -0.25) is 9.89 Å². The molecule has 0 aliphatic rings. The van der Waals surface area contributed by atoms with Gasteiger partial charge in [-0.05, 0) is 6.07 Å². The summed E-state index contributed by atoms with van der Waals surface area (Å²) < 4.78 is 0. The third-order valence-corrected chi connectivity index (χ3v) is 2.07. The fourth-order valence-corrected chi connectivity index (χ4v) is 1.08.